The highest BCUT2D eigenvalue weighted by Gasteiger charge is 2.17. The Morgan fingerprint density at radius 3 is 3.00 bits per heavy atom. The molecule has 3 nitrogen and oxygen atoms in total. The van der Waals surface area contributed by atoms with Crippen molar-refractivity contribution in [2.45, 2.75) is 6.92 Å². The molecule has 16 heavy (non-hydrogen) atoms. The molecule has 2 rings (SSSR count). The molecule has 1 aromatic heterocycles. The van der Waals surface area contributed by atoms with Gasteiger partial charge in [-0.05, 0) is 47.7 Å². The second kappa shape index (κ2) is 4.58. The van der Waals surface area contributed by atoms with Crippen molar-refractivity contribution in [3.63, 3.8) is 0 Å². The second-order valence-electron chi connectivity index (χ2n) is 3.21. The van der Waals surface area contributed by atoms with Crippen LogP contribution in [0.25, 0.3) is 10.1 Å². The number of rotatable bonds is 2. The summed E-state index contributed by atoms with van der Waals surface area (Å²) in [6.45, 7) is 2.15. The molecule has 0 aliphatic rings. The lowest BCUT2D eigenvalue weighted by Gasteiger charge is -1.99. The molecule has 0 amide bonds. The van der Waals surface area contributed by atoms with Gasteiger partial charge in [-0.1, -0.05) is 0 Å². The van der Waals surface area contributed by atoms with Gasteiger partial charge in [0.05, 0.1) is 12.3 Å². The molecule has 84 valence electrons. The van der Waals surface area contributed by atoms with Gasteiger partial charge in [-0.25, -0.2) is 4.79 Å². The summed E-state index contributed by atoms with van der Waals surface area (Å²) < 4.78 is 7.07. The molecule has 0 unspecified atom stereocenters. The summed E-state index contributed by atoms with van der Waals surface area (Å²) in [5, 5.41) is 0.931. The normalized spacial score (nSPS) is 10.6. The zero-order chi connectivity index (χ0) is 11.7. The van der Waals surface area contributed by atoms with Crippen molar-refractivity contribution in [3.05, 3.63) is 26.6 Å². The topological polar surface area (TPSA) is 52.3 Å². The molecule has 0 fully saturated rings. The number of hydrogen-bond donors (Lipinski definition) is 1. The van der Waals surface area contributed by atoms with Crippen LogP contribution in [0.5, 0.6) is 0 Å². The number of nitrogen functional groups attached to an aromatic ring is 1. The first-order chi connectivity index (χ1) is 7.63. The summed E-state index contributed by atoms with van der Waals surface area (Å²) in [5.41, 5.74) is 6.47. The van der Waals surface area contributed by atoms with Crippen LogP contribution in [0.3, 0.4) is 0 Å². The Bertz CT molecular complexity index is 550. The number of anilines is 1. The standard InChI is InChI=1S/C11H10INO2S/c1-2-15-11(14)10-9(13)7-5-6(12)3-4-8(7)16-10/h3-5H,2,13H2,1H3. The fourth-order valence-electron chi connectivity index (χ4n) is 1.44. The van der Waals surface area contributed by atoms with Gasteiger partial charge in [0, 0.05) is 13.7 Å². The largest absolute Gasteiger partial charge is 0.462 e. The summed E-state index contributed by atoms with van der Waals surface area (Å²) in [6.07, 6.45) is 0. The van der Waals surface area contributed by atoms with Gasteiger partial charge < -0.3 is 10.5 Å². The molecular weight excluding hydrogens is 337 g/mol. The molecule has 0 spiro atoms. The Hall–Kier alpha value is -0.820. The lowest BCUT2D eigenvalue weighted by Crippen LogP contribution is -2.04. The number of thiophene rings is 1. The second-order valence-corrected chi connectivity index (χ2v) is 5.50. The highest BCUT2D eigenvalue weighted by atomic mass is 127. The Morgan fingerprint density at radius 2 is 2.31 bits per heavy atom. The minimum absolute atomic E-state index is 0.337. The molecule has 1 heterocycles. The summed E-state index contributed by atoms with van der Waals surface area (Å²) in [7, 11) is 0. The number of benzene rings is 1. The molecule has 0 radical (unpaired) electrons. The van der Waals surface area contributed by atoms with E-state index in [2.05, 4.69) is 22.6 Å². The van der Waals surface area contributed by atoms with Crippen molar-refractivity contribution in [1.82, 2.24) is 0 Å². The maximum Gasteiger partial charge on any atom is 0.350 e. The third kappa shape index (κ3) is 2.01. The van der Waals surface area contributed by atoms with Gasteiger partial charge in [0.1, 0.15) is 4.88 Å². The third-order valence-electron chi connectivity index (χ3n) is 2.15. The number of esters is 1. The predicted molar refractivity (Wildman–Crippen MR) is 74.9 cm³/mol. The van der Waals surface area contributed by atoms with E-state index in [-0.39, 0.29) is 5.97 Å². The van der Waals surface area contributed by atoms with E-state index in [1.807, 2.05) is 18.2 Å². The summed E-state index contributed by atoms with van der Waals surface area (Å²) in [4.78, 5) is 12.1. The molecule has 0 atom stereocenters. The quantitative estimate of drug-likeness (QED) is 0.670. The number of carbonyl (C=O) groups is 1. The maximum absolute atomic E-state index is 11.6. The van der Waals surface area contributed by atoms with Crippen LogP contribution in [0, 0.1) is 3.57 Å². The van der Waals surface area contributed by atoms with Gasteiger partial charge in [0.2, 0.25) is 0 Å². The van der Waals surface area contributed by atoms with Crippen molar-refractivity contribution in [2.24, 2.45) is 0 Å². The van der Waals surface area contributed by atoms with E-state index in [9.17, 15) is 4.79 Å². The number of fused-ring (bicyclic) bond motifs is 1. The van der Waals surface area contributed by atoms with Gasteiger partial charge in [-0.15, -0.1) is 11.3 Å². The predicted octanol–water partition coefficient (Wildman–Crippen LogP) is 3.26. The fourth-order valence-corrected chi connectivity index (χ4v) is 2.93. The lowest BCUT2D eigenvalue weighted by molar-refractivity contribution is 0.0533. The van der Waals surface area contributed by atoms with Gasteiger partial charge in [-0.3, -0.25) is 0 Å². The van der Waals surface area contributed by atoms with Crippen LogP contribution in [-0.4, -0.2) is 12.6 Å². The Balaban J connectivity index is 2.56. The van der Waals surface area contributed by atoms with Crippen LogP contribution in [0.1, 0.15) is 16.6 Å². The van der Waals surface area contributed by atoms with Crippen LogP contribution in [-0.2, 0) is 4.74 Å². The number of hydrogen-bond acceptors (Lipinski definition) is 4. The summed E-state index contributed by atoms with van der Waals surface area (Å²) in [6, 6.07) is 5.94. The summed E-state index contributed by atoms with van der Waals surface area (Å²) in [5.74, 6) is -0.337. The van der Waals surface area contributed by atoms with Crippen LogP contribution < -0.4 is 5.73 Å². The summed E-state index contributed by atoms with van der Waals surface area (Å²) >= 11 is 3.60. The number of halogens is 1. The lowest BCUT2D eigenvalue weighted by atomic mass is 10.2. The molecule has 1 aromatic carbocycles. The van der Waals surface area contributed by atoms with E-state index in [1.165, 1.54) is 11.3 Å². The Labute approximate surface area is 111 Å². The minimum Gasteiger partial charge on any atom is -0.462 e. The first-order valence-corrected chi connectivity index (χ1v) is 6.67. The molecule has 0 aliphatic heterocycles. The first kappa shape index (κ1) is 11.7. The van der Waals surface area contributed by atoms with Crippen molar-refractivity contribution in [2.75, 3.05) is 12.3 Å². The van der Waals surface area contributed by atoms with Crippen LogP contribution in [0.4, 0.5) is 5.69 Å². The first-order valence-electron chi connectivity index (χ1n) is 4.78. The van der Waals surface area contributed by atoms with Gasteiger partial charge in [0.25, 0.3) is 0 Å². The molecule has 0 bridgehead atoms. The van der Waals surface area contributed by atoms with E-state index < -0.39 is 0 Å². The monoisotopic (exact) mass is 347 g/mol. The number of carbonyl (C=O) groups excluding carboxylic acids is 1. The van der Waals surface area contributed by atoms with Gasteiger partial charge in [0.15, 0.2) is 0 Å². The van der Waals surface area contributed by atoms with E-state index >= 15 is 0 Å². The van der Waals surface area contributed by atoms with E-state index in [1.54, 1.807) is 6.92 Å². The van der Waals surface area contributed by atoms with Gasteiger partial charge in [-0.2, -0.15) is 0 Å². The van der Waals surface area contributed by atoms with Crippen LogP contribution in [0.2, 0.25) is 0 Å². The zero-order valence-electron chi connectivity index (χ0n) is 8.62. The molecule has 0 aliphatic carbocycles. The average molecular weight is 347 g/mol. The van der Waals surface area contributed by atoms with Gasteiger partial charge >= 0.3 is 5.97 Å². The molecule has 0 saturated heterocycles. The molecular formula is C11H10INO2S. The smallest absolute Gasteiger partial charge is 0.350 e. The Morgan fingerprint density at radius 1 is 1.56 bits per heavy atom. The van der Waals surface area contributed by atoms with E-state index in [4.69, 9.17) is 10.5 Å². The number of ether oxygens (including phenoxy) is 1. The highest BCUT2D eigenvalue weighted by Crippen LogP contribution is 2.34. The average Bonchev–Trinajstić information content (AvgIpc) is 2.57. The zero-order valence-corrected chi connectivity index (χ0v) is 11.6. The number of nitrogens with two attached hydrogens (primary N) is 1. The maximum atomic E-state index is 11.6. The van der Waals surface area contributed by atoms with Crippen LogP contribution >= 0.6 is 33.9 Å². The van der Waals surface area contributed by atoms with Crippen molar-refractivity contribution >= 4 is 55.7 Å². The molecule has 2 aromatic rings. The molecule has 2 N–H and O–H groups in total. The Kier molecular flexibility index (Phi) is 3.34. The molecule has 5 heteroatoms. The SMILES string of the molecule is CCOC(=O)c1sc2ccc(I)cc2c1N. The third-order valence-corrected chi connectivity index (χ3v) is 3.99. The molecule has 0 saturated carbocycles. The van der Waals surface area contributed by atoms with Crippen molar-refractivity contribution in [1.29, 1.82) is 0 Å². The highest BCUT2D eigenvalue weighted by molar-refractivity contribution is 14.1. The fraction of sp³-hybridized carbons (Fsp3) is 0.182. The van der Waals surface area contributed by atoms with Crippen molar-refractivity contribution in [3.8, 4) is 0 Å². The van der Waals surface area contributed by atoms with E-state index in [0.717, 1.165) is 13.7 Å². The minimum atomic E-state index is -0.337. The van der Waals surface area contributed by atoms with Crippen molar-refractivity contribution < 1.29 is 9.53 Å². The van der Waals surface area contributed by atoms with Crippen LogP contribution in [0.15, 0.2) is 18.2 Å². The van der Waals surface area contributed by atoms with E-state index in [0.29, 0.717) is 17.2 Å².